The van der Waals surface area contributed by atoms with Gasteiger partial charge in [-0.25, -0.2) is 0 Å². The van der Waals surface area contributed by atoms with E-state index in [1.165, 1.54) is 25.7 Å². The highest BCUT2D eigenvalue weighted by atomic mass is 16.4. The molecule has 2 heteroatoms. The maximum absolute atomic E-state index is 8.99. The van der Waals surface area contributed by atoms with E-state index in [9.17, 15) is 0 Å². The zero-order valence-electron chi connectivity index (χ0n) is 8.39. The van der Waals surface area contributed by atoms with Crippen LogP contribution >= 0.6 is 0 Å². The molecule has 0 aromatic heterocycles. The lowest BCUT2D eigenvalue weighted by atomic mass is 9.51. The molecule has 1 N–H and O–H groups in total. The summed E-state index contributed by atoms with van der Waals surface area (Å²) in [4.78, 5) is 0. The Kier molecular flexibility index (Phi) is 1.73. The Morgan fingerprint density at radius 2 is 1.64 bits per heavy atom. The van der Waals surface area contributed by atoms with Crippen molar-refractivity contribution in [2.75, 3.05) is 0 Å². The minimum Gasteiger partial charge on any atom is -0.411 e. The van der Waals surface area contributed by atoms with Gasteiger partial charge in [-0.1, -0.05) is 11.2 Å². The summed E-state index contributed by atoms with van der Waals surface area (Å²) < 4.78 is 0. The molecule has 0 unspecified atom stereocenters. The van der Waals surface area contributed by atoms with Gasteiger partial charge < -0.3 is 5.21 Å². The summed E-state index contributed by atoms with van der Waals surface area (Å²) >= 11 is 0. The average molecular weight is 191 g/mol. The maximum Gasteiger partial charge on any atom is 0.0632 e. The van der Waals surface area contributed by atoms with Crippen LogP contribution in [-0.4, -0.2) is 10.9 Å². The Morgan fingerprint density at radius 1 is 1.14 bits per heavy atom. The van der Waals surface area contributed by atoms with E-state index >= 15 is 0 Å². The van der Waals surface area contributed by atoms with Gasteiger partial charge in [0.25, 0.3) is 0 Å². The zero-order valence-corrected chi connectivity index (χ0v) is 8.39. The molecule has 0 spiro atoms. The molecule has 0 amide bonds. The van der Waals surface area contributed by atoms with Crippen molar-refractivity contribution in [1.82, 2.24) is 0 Å². The second-order valence-corrected chi connectivity index (χ2v) is 5.19. The SMILES string of the molecule is C=CC1C2CC3CC1CC(C2)C3=NO. The second-order valence-electron chi connectivity index (χ2n) is 5.19. The third-order valence-corrected chi connectivity index (χ3v) is 4.66. The van der Waals surface area contributed by atoms with Crippen LogP contribution in [0.4, 0.5) is 0 Å². The monoisotopic (exact) mass is 191 g/mol. The van der Waals surface area contributed by atoms with Crippen molar-refractivity contribution in [2.45, 2.75) is 25.7 Å². The van der Waals surface area contributed by atoms with Gasteiger partial charge in [-0.2, -0.15) is 0 Å². The van der Waals surface area contributed by atoms with Crippen LogP contribution in [0, 0.1) is 29.6 Å². The van der Waals surface area contributed by atoms with Crippen LogP contribution in [0.25, 0.3) is 0 Å². The highest BCUT2D eigenvalue weighted by Gasteiger charge is 2.50. The molecule has 0 aromatic rings. The Balaban J connectivity index is 1.93. The Bertz CT molecular complexity index is 263. The molecule has 0 radical (unpaired) electrons. The Hall–Kier alpha value is -0.790. The number of nitrogens with zero attached hydrogens (tertiary/aromatic N) is 1. The smallest absolute Gasteiger partial charge is 0.0632 e. The van der Waals surface area contributed by atoms with E-state index < -0.39 is 0 Å². The number of allylic oxidation sites excluding steroid dienone is 1. The van der Waals surface area contributed by atoms with Crippen molar-refractivity contribution >= 4 is 5.71 Å². The van der Waals surface area contributed by atoms with E-state index in [0.29, 0.717) is 11.8 Å². The Labute approximate surface area is 84.7 Å². The van der Waals surface area contributed by atoms with Gasteiger partial charge in [-0.15, -0.1) is 6.58 Å². The van der Waals surface area contributed by atoms with Crippen molar-refractivity contribution in [3.8, 4) is 0 Å². The predicted molar refractivity (Wildman–Crippen MR) is 55.3 cm³/mol. The fourth-order valence-corrected chi connectivity index (χ4v) is 4.22. The topological polar surface area (TPSA) is 32.6 Å². The fourth-order valence-electron chi connectivity index (χ4n) is 4.22. The van der Waals surface area contributed by atoms with Crippen LogP contribution in [-0.2, 0) is 0 Å². The maximum atomic E-state index is 8.99. The zero-order chi connectivity index (χ0) is 9.71. The average Bonchev–Trinajstić information content (AvgIpc) is 2.17. The molecule has 0 aliphatic heterocycles. The largest absolute Gasteiger partial charge is 0.411 e. The van der Waals surface area contributed by atoms with E-state index in [0.717, 1.165) is 23.5 Å². The summed E-state index contributed by atoms with van der Waals surface area (Å²) in [5.41, 5.74) is 1.11. The third kappa shape index (κ3) is 0.943. The van der Waals surface area contributed by atoms with Gasteiger partial charge in [0, 0.05) is 11.8 Å². The van der Waals surface area contributed by atoms with Crippen LogP contribution in [0.5, 0.6) is 0 Å². The molecule has 14 heavy (non-hydrogen) atoms. The molecule has 0 saturated heterocycles. The molecular weight excluding hydrogens is 174 g/mol. The van der Waals surface area contributed by atoms with E-state index in [4.69, 9.17) is 5.21 Å². The molecule has 4 fully saturated rings. The van der Waals surface area contributed by atoms with Gasteiger partial charge in [0.05, 0.1) is 5.71 Å². The highest BCUT2D eigenvalue weighted by molar-refractivity contribution is 5.90. The van der Waals surface area contributed by atoms with E-state index in [2.05, 4.69) is 17.8 Å². The van der Waals surface area contributed by atoms with E-state index in [-0.39, 0.29) is 0 Å². The highest BCUT2D eigenvalue weighted by Crippen LogP contribution is 2.55. The predicted octanol–water partition coefficient (Wildman–Crippen LogP) is 2.68. The molecule has 4 saturated carbocycles. The van der Waals surface area contributed by atoms with Gasteiger partial charge in [0.15, 0.2) is 0 Å². The molecule has 76 valence electrons. The molecular formula is C12H17NO. The van der Waals surface area contributed by atoms with Crippen molar-refractivity contribution in [3.05, 3.63) is 12.7 Å². The van der Waals surface area contributed by atoms with E-state index in [1.54, 1.807) is 0 Å². The summed E-state index contributed by atoms with van der Waals surface area (Å²) in [6.07, 6.45) is 7.13. The lowest BCUT2D eigenvalue weighted by Crippen LogP contribution is -2.49. The molecule has 0 atom stereocenters. The molecule has 4 aliphatic rings. The summed E-state index contributed by atoms with van der Waals surface area (Å²) in [6.45, 7) is 3.97. The third-order valence-electron chi connectivity index (χ3n) is 4.66. The summed E-state index contributed by atoms with van der Waals surface area (Å²) in [6, 6.07) is 0. The first kappa shape index (κ1) is 8.51. The standard InChI is InChI=1S/C12H17NO/c1-2-11-7-3-9-5-8(11)6-10(4-7)12(9)13-14/h2,7-11,14H,1,3-6H2. The molecule has 4 bridgehead atoms. The number of hydrogen-bond donors (Lipinski definition) is 1. The van der Waals surface area contributed by atoms with Crippen LogP contribution in [0.2, 0.25) is 0 Å². The molecule has 4 rings (SSSR count). The first-order valence-corrected chi connectivity index (χ1v) is 5.68. The van der Waals surface area contributed by atoms with Gasteiger partial charge >= 0.3 is 0 Å². The number of rotatable bonds is 1. The lowest BCUT2D eigenvalue weighted by Gasteiger charge is -2.53. The minimum absolute atomic E-state index is 0.596. The normalized spacial score (nSPS) is 49.4. The van der Waals surface area contributed by atoms with Crippen molar-refractivity contribution in [1.29, 1.82) is 0 Å². The van der Waals surface area contributed by atoms with Crippen molar-refractivity contribution in [3.63, 3.8) is 0 Å². The molecule has 0 heterocycles. The quantitative estimate of drug-likeness (QED) is 0.386. The van der Waals surface area contributed by atoms with Crippen LogP contribution in [0.1, 0.15) is 25.7 Å². The number of hydrogen-bond acceptors (Lipinski definition) is 2. The van der Waals surface area contributed by atoms with Crippen LogP contribution in [0.15, 0.2) is 17.8 Å². The molecule has 0 aromatic carbocycles. The van der Waals surface area contributed by atoms with Crippen LogP contribution < -0.4 is 0 Å². The van der Waals surface area contributed by atoms with Gasteiger partial charge in [-0.3, -0.25) is 0 Å². The first-order chi connectivity index (χ1) is 6.83. The minimum atomic E-state index is 0.596. The van der Waals surface area contributed by atoms with Crippen LogP contribution in [0.3, 0.4) is 0 Å². The summed E-state index contributed by atoms with van der Waals surface area (Å²) in [7, 11) is 0. The van der Waals surface area contributed by atoms with Crippen molar-refractivity contribution < 1.29 is 5.21 Å². The fraction of sp³-hybridized carbons (Fsp3) is 0.750. The Morgan fingerprint density at radius 3 is 2.00 bits per heavy atom. The van der Waals surface area contributed by atoms with Crippen molar-refractivity contribution in [2.24, 2.45) is 34.7 Å². The van der Waals surface area contributed by atoms with E-state index in [1.807, 2.05) is 0 Å². The summed E-state index contributed by atoms with van der Waals surface area (Å²) in [5.74, 6) is 3.61. The lowest BCUT2D eigenvalue weighted by molar-refractivity contribution is 0.0562. The van der Waals surface area contributed by atoms with Gasteiger partial charge in [0.1, 0.15) is 0 Å². The molecule has 2 nitrogen and oxygen atoms in total. The van der Waals surface area contributed by atoms with Gasteiger partial charge in [-0.05, 0) is 43.4 Å². The first-order valence-electron chi connectivity index (χ1n) is 5.68. The van der Waals surface area contributed by atoms with Gasteiger partial charge in [0.2, 0.25) is 0 Å². The molecule has 4 aliphatic carbocycles. The number of oxime groups is 1. The second kappa shape index (κ2) is 2.85. The summed E-state index contributed by atoms with van der Waals surface area (Å²) in [5, 5.41) is 12.5.